The zero-order valence-corrected chi connectivity index (χ0v) is 10.3. The fourth-order valence-electron chi connectivity index (χ4n) is 2.08. The topological polar surface area (TPSA) is 9.23 Å². The smallest absolute Gasteiger partial charge is 0.198 e. The summed E-state index contributed by atoms with van der Waals surface area (Å²) in [6.45, 7) is 2.03. The number of rotatable bonds is 2. The lowest BCUT2D eigenvalue weighted by atomic mass is 9.88. The first-order chi connectivity index (χ1) is 8.13. The van der Waals surface area contributed by atoms with E-state index in [-0.39, 0.29) is 5.76 Å². The molecule has 0 bridgehead atoms. The van der Waals surface area contributed by atoms with Crippen molar-refractivity contribution < 1.29 is 13.1 Å². The first-order valence-corrected chi connectivity index (χ1v) is 5.87. The van der Waals surface area contributed by atoms with Crippen molar-refractivity contribution in [1.82, 2.24) is 0 Å². The van der Waals surface area contributed by atoms with Crippen molar-refractivity contribution in [3.8, 4) is 0 Å². The summed E-state index contributed by atoms with van der Waals surface area (Å²) in [6.07, 6.45) is 6.21. The minimum atomic E-state index is -0.964. The fourth-order valence-corrected chi connectivity index (χ4v) is 2.22. The summed E-state index contributed by atoms with van der Waals surface area (Å²) in [5, 5.41) is 0. The second kappa shape index (κ2) is 5.05. The molecule has 0 fully saturated rings. The standard InChI is InChI=1S/C13H13ClF2O/c1-8-2-4-9(5-3-8)10-6-7-11(17-14)13(16)12(10)15/h2,4H,3,5-7H2,1H3. The maximum Gasteiger partial charge on any atom is 0.198 e. The second-order valence-electron chi connectivity index (χ2n) is 4.31. The Labute approximate surface area is 104 Å². The van der Waals surface area contributed by atoms with Crippen LogP contribution in [0.1, 0.15) is 32.6 Å². The molecule has 0 aliphatic heterocycles. The molecule has 0 heterocycles. The van der Waals surface area contributed by atoms with E-state index >= 15 is 0 Å². The van der Waals surface area contributed by atoms with Crippen LogP contribution in [0.25, 0.3) is 0 Å². The first kappa shape index (κ1) is 12.4. The summed E-state index contributed by atoms with van der Waals surface area (Å²) in [7, 11) is 0. The molecule has 92 valence electrons. The van der Waals surface area contributed by atoms with Crippen LogP contribution in [-0.2, 0) is 4.29 Å². The predicted octanol–water partition coefficient (Wildman–Crippen LogP) is 5.02. The van der Waals surface area contributed by atoms with Crippen LogP contribution in [-0.4, -0.2) is 0 Å². The summed E-state index contributed by atoms with van der Waals surface area (Å²) < 4.78 is 31.6. The molecule has 0 aromatic carbocycles. The quantitative estimate of drug-likeness (QED) is 0.676. The van der Waals surface area contributed by atoms with Crippen molar-refractivity contribution in [2.24, 2.45) is 0 Å². The average Bonchev–Trinajstić information content (AvgIpc) is 2.34. The Kier molecular flexibility index (Phi) is 3.67. The van der Waals surface area contributed by atoms with Gasteiger partial charge in [0.05, 0.1) is 0 Å². The molecule has 0 spiro atoms. The molecule has 2 aliphatic carbocycles. The molecule has 0 aromatic heterocycles. The molecule has 0 N–H and O–H groups in total. The van der Waals surface area contributed by atoms with Crippen molar-refractivity contribution in [3.63, 3.8) is 0 Å². The lowest BCUT2D eigenvalue weighted by molar-refractivity contribution is 0.384. The lowest BCUT2D eigenvalue weighted by Gasteiger charge is -2.20. The fraction of sp³-hybridized carbons (Fsp3) is 0.385. The Morgan fingerprint density at radius 3 is 2.41 bits per heavy atom. The van der Waals surface area contributed by atoms with E-state index in [1.807, 2.05) is 19.1 Å². The summed E-state index contributed by atoms with van der Waals surface area (Å²) in [4.78, 5) is 0. The maximum atomic E-state index is 13.8. The Balaban J connectivity index is 2.34. The molecular formula is C13H13ClF2O. The first-order valence-electron chi connectivity index (χ1n) is 5.56. The summed E-state index contributed by atoms with van der Waals surface area (Å²) in [6, 6.07) is 0. The zero-order valence-electron chi connectivity index (χ0n) is 9.53. The van der Waals surface area contributed by atoms with Crippen LogP contribution < -0.4 is 0 Å². The average molecular weight is 259 g/mol. The largest absolute Gasteiger partial charge is 0.387 e. The van der Waals surface area contributed by atoms with E-state index < -0.39 is 11.7 Å². The molecule has 0 radical (unpaired) electrons. The van der Waals surface area contributed by atoms with E-state index in [2.05, 4.69) is 4.29 Å². The van der Waals surface area contributed by atoms with Gasteiger partial charge in [-0.25, -0.2) is 4.39 Å². The Bertz CT molecular complexity index is 458. The van der Waals surface area contributed by atoms with Crippen LogP contribution in [0.3, 0.4) is 0 Å². The van der Waals surface area contributed by atoms with Gasteiger partial charge in [-0.1, -0.05) is 17.7 Å². The Hall–Kier alpha value is -1.09. The van der Waals surface area contributed by atoms with Gasteiger partial charge in [-0.3, -0.25) is 0 Å². The highest BCUT2D eigenvalue weighted by Gasteiger charge is 2.26. The van der Waals surface area contributed by atoms with Crippen molar-refractivity contribution in [2.75, 3.05) is 0 Å². The van der Waals surface area contributed by atoms with Crippen molar-refractivity contribution in [2.45, 2.75) is 32.6 Å². The normalized spacial score (nSPS) is 21.4. The third kappa shape index (κ3) is 2.44. The monoisotopic (exact) mass is 258 g/mol. The van der Waals surface area contributed by atoms with Gasteiger partial charge in [-0.2, -0.15) is 4.39 Å². The molecule has 2 aliphatic rings. The van der Waals surface area contributed by atoms with Crippen LogP contribution in [0.4, 0.5) is 8.78 Å². The zero-order chi connectivity index (χ0) is 12.4. The Morgan fingerprint density at radius 1 is 1.06 bits per heavy atom. The SMILES string of the molecule is CC1=CC=C(C2=C(F)C(F)=C(OCl)CC2)CC1. The molecule has 0 saturated carbocycles. The van der Waals surface area contributed by atoms with Gasteiger partial charge in [0.15, 0.2) is 17.4 Å². The molecule has 17 heavy (non-hydrogen) atoms. The van der Waals surface area contributed by atoms with E-state index in [0.717, 1.165) is 18.4 Å². The highest BCUT2D eigenvalue weighted by Crippen LogP contribution is 2.38. The lowest BCUT2D eigenvalue weighted by Crippen LogP contribution is -2.05. The van der Waals surface area contributed by atoms with Crippen LogP contribution >= 0.6 is 11.9 Å². The molecule has 4 heteroatoms. The van der Waals surface area contributed by atoms with Crippen molar-refractivity contribution >= 4 is 11.9 Å². The van der Waals surface area contributed by atoms with Gasteiger partial charge in [0.1, 0.15) is 11.9 Å². The summed E-state index contributed by atoms with van der Waals surface area (Å²) in [5.74, 6) is -1.91. The van der Waals surface area contributed by atoms with Gasteiger partial charge in [0, 0.05) is 6.42 Å². The van der Waals surface area contributed by atoms with Crippen molar-refractivity contribution in [3.05, 3.63) is 46.3 Å². The van der Waals surface area contributed by atoms with Crippen LogP contribution in [0.2, 0.25) is 0 Å². The third-order valence-electron chi connectivity index (χ3n) is 3.14. The molecule has 0 unspecified atom stereocenters. The predicted molar refractivity (Wildman–Crippen MR) is 63.5 cm³/mol. The highest BCUT2D eigenvalue weighted by atomic mass is 35.5. The van der Waals surface area contributed by atoms with Gasteiger partial charge in [-0.05, 0) is 37.3 Å². The number of hydrogen-bond donors (Lipinski definition) is 0. The van der Waals surface area contributed by atoms with E-state index in [4.69, 9.17) is 11.9 Å². The van der Waals surface area contributed by atoms with Gasteiger partial charge >= 0.3 is 0 Å². The van der Waals surface area contributed by atoms with Gasteiger partial charge in [0.25, 0.3) is 0 Å². The molecule has 2 rings (SSSR count). The van der Waals surface area contributed by atoms with Gasteiger partial charge < -0.3 is 4.29 Å². The molecule has 0 saturated heterocycles. The van der Waals surface area contributed by atoms with Crippen LogP contribution in [0.5, 0.6) is 0 Å². The minimum absolute atomic E-state index is 0.115. The third-order valence-corrected chi connectivity index (χ3v) is 3.33. The summed E-state index contributed by atoms with van der Waals surface area (Å²) >= 11 is 5.08. The van der Waals surface area contributed by atoms with E-state index in [0.29, 0.717) is 18.4 Å². The Morgan fingerprint density at radius 2 is 1.82 bits per heavy atom. The maximum absolute atomic E-state index is 13.8. The van der Waals surface area contributed by atoms with E-state index in [1.54, 1.807) is 0 Å². The van der Waals surface area contributed by atoms with E-state index in [1.165, 1.54) is 5.57 Å². The van der Waals surface area contributed by atoms with Gasteiger partial charge in [0.2, 0.25) is 0 Å². The highest BCUT2D eigenvalue weighted by molar-refractivity contribution is 6.08. The van der Waals surface area contributed by atoms with Crippen LogP contribution in [0, 0.1) is 0 Å². The molecule has 0 atom stereocenters. The minimum Gasteiger partial charge on any atom is -0.387 e. The van der Waals surface area contributed by atoms with E-state index in [9.17, 15) is 8.78 Å². The van der Waals surface area contributed by atoms with Crippen molar-refractivity contribution in [1.29, 1.82) is 0 Å². The van der Waals surface area contributed by atoms with Crippen LogP contribution in [0.15, 0.2) is 46.3 Å². The molecular weight excluding hydrogens is 246 g/mol. The number of allylic oxidation sites excluding steroid dienone is 8. The number of hydrogen-bond acceptors (Lipinski definition) is 1. The molecule has 0 amide bonds. The molecule has 0 aromatic rings. The number of halogens is 3. The molecule has 1 nitrogen and oxygen atoms in total. The second-order valence-corrected chi connectivity index (χ2v) is 4.47. The summed E-state index contributed by atoms with van der Waals surface area (Å²) in [5.41, 5.74) is 2.58. The van der Waals surface area contributed by atoms with Gasteiger partial charge in [-0.15, -0.1) is 0 Å².